The van der Waals surface area contributed by atoms with Crippen LogP contribution in [0, 0.1) is 5.82 Å². The van der Waals surface area contributed by atoms with E-state index in [4.69, 9.17) is 4.74 Å². The van der Waals surface area contributed by atoms with Gasteiger partial charge in [-0.15, -0.1) is 0 Å². The number of hydrogen-bond donors (Lipinski definition) is 3. The van der Waals surface area contributed by atoms with Gasteiger partial charge in [0.25, 0.3) is 0 Å². The van der Waals surface area contributed by atoms with Crippen LogP contribution in [0.3, 0.4) is 0 Å². The summed E-state index contributed by atoms with van der Waals surface area (Å²) in [7, 11) is 0. The van der Waals surface area contributed by atoms with Crippen molar-refractivity contribution in [1.29, 1.82) is 0 Å². The number of hydrogen-bond acceptors (Lipinski definition) is 6. The van der Waals surface area contributed by atoms with Crippen LogP contribution in [0.5, 0.6) is 0 Å². The molecule has 7 nitrogen and oxygen atoms in total. The molecule has 5 rings (SSSR count). The van der Waals surface area contributed by atoms with E-state index in [0.717, 1.165) is 12.8 Å². The van der Waals surface area contributed by atoms with Gasteiger partial charge in [0.05, 0.1) is 12.1 Å². The molecule has 1 aromatic carbocycles. The largest absolute Gasteiger partial charge is 0.376 e. The second-order valence-corrected chi connectivity index (χ2v) is 10.3. The van der Waals surface area contributed by atoms with Crippen LogP contribution >= 0.6 is 0 Å². The number of benzene rings is 1. The van der Waals surface area contributed by atoms with Crippen molar-refractivity contribution in [3.8, 4) is 0 Å². The lowest BCUT2D eigenvalue weighted by Gasteiger charge is -2.37. The molecule has 2 amide bonds. The zero-order valence-corrected chi connectivity index (χ0v) is 19.6. The van der Waals surface area contributed by atoms with E-state index in [2.05, 4.69) is 10.6 Å². The maximum atomic E-state index is 15.6. The molecule has 0 radical (unpaired) electrons. The number of rotatable bonds is 5. The number of carbonyl (C=O) groups is 2. The molecule has 4 atom stereocenters. The summed E-state index contributed by atoms with van der Waals surface area (Å²) in [5.41, 5.74) is 1.25. The van der Waals surface area contributed by atoms with Crippen molar-refractivity contribution in [3.63, 3.8) is 0 Å². The summed E-state index contributed by atoms with van der Waals surface area (Å²) in [6.07, 6.45) is 1.67. The summed E-state index contributed by atoms with van der Waals surface area (Å²) in [6.45, 7) is 0.645. The highest BCUT2D eigenvalue weighted by Crippen LogP contribution is 2.38. The molecule has 3 aliphatic heterocycles. The number of imide groups is 1. The number of piperidine rings is 1. The third-order valence-corrected chi connectivity index (χ3v) is 7.93. The number of nitrogens with zero attached hydrogens (tertiary/aromatic N) is 1. The van der Waals surface area contributed by atoms with Gasteiger partial charge in [0.1, 0.15) is 12.0 Å². The van der Waals surface area contributed by atoms with Crippen molar-refractivity contribution in [2.24, 2.45) is 0 Å². The van der Waals surface area contributed by atoms with Gasteiger partial charge in [0, 0.05) is 62.0 Å². The van der Waals surface area contributed by atoms with Crippen molar-refractivity contribution in [1.82, 2.24) is 15.5 Å². The van der Waals surface area contributed by atoms with Crippen LogP contribution in [-0.4, -0.2) is 58.6 Å². The molecule has 0 bridgehead atoms. The van der Waals surface area contributed by atoms with Crippen molar-refractivity contribution >= 4 is 11.8 Å². The van der Waals surface area contributed by atoms with Gasteiger partial charge < -0.3 is 15.2 Å². The number of carbonyl (C=O) groups excluding carboxylic acids is 2. The first kappa shape index (κ1) is 24.7. The highest BCUT2D eigenvalue weighted by Gasteiger charge is 2.42. The normalized spacial score (nSPS) is 31.9. The molecule has 192 valence electrons. The topological polar surface area (TPSA) is 90.9 Å². The molecule has 10 heteroatoms. The van der Waals surface area contributed by atoms with E-state index < -0.39 is 29.9 Å². The summed E-state index contributed by atoms with van der Waals surface area (Å²) < 4.78 is 48.7. The van der Waals surface area contributed by atoms with Crippen LogP contribution in [0.15, 0.2) is 12.1 Å². The number of amides is 2. The molecule has 1 aliphatic carbocycles. The first-order chi connectivity index (χ1) is 16.7. The van der Waals surface area contributed by atoms with Crippen molar-refractivity contribution in [2.45, 2.75) is 101 Å². The van der Waals surface area contributed by atoms with Gasteiger partial charge in [-0.1, -0.05) is 12.1 Å². The van der Waals surface area contributed by atoms with E-state index >= 15 is 4.39 Å². The van der Waals surface area contributed by atoms with Gasteiger partial charge in [-0.3, -0.25) is 19.8 Å². The summed E-state index contributed by atoms with van der Waals surface area (Å²) in [4.78, 5) is 25.3. The van der Waals surface area contributed by atoms with Crippen LogP contribution in [0.1, 0.15) is 74.3 Å². The van der Waals surface area contributed by atoms with Crippen LogP contribution < -0.4 is 10.6 Å². The zero-order chi connectivity index (χ0) is 24.7. The minimum absolute atomic E-state index is 0.00548. The van der Waals surface area contributed by atoms with Crippen molar-refractivity contribution in [3.05, 3.63) is 34.6 Å². The predicted octanol–water partition coefficient (Wildman–Crippen LogP) is 2.70. The number of fused-ring (bicyclic) bond motifs is 1. The summed E-state index contributed by atoms with van der Waals surface area (Å²) in [5.74, 6) is -3.82. The Bertz CT molecular complexity index is 981. The maximum absolute atomic E-state index is 15.6. The van der Waals surface area contributed by atoms with Crippen molar-refractivity contribution in [2.75, 3.05) is 6.61 Å². The molecule has 0 spiro atoms. The summed E-state index contributed by atoms with van der Waals surface area (Å²) >= 11 is 0. The Labute approximate surface area is 202 Å². The predicted molar refractivity (Wildman–Crippen MR) is 120 cm³/mol. The standard InChI is InChI=1S/C25H32F3N3O4/c26-22-14(12-20-18(2-1-11-35-20)29-15-7-9-25(27,28)10-8-15)3-4-16-17(22)13-31(24(16)34)19-5-6-21(32)30-23(19)33/h3-4,15,18-20,24,29,34H,1-2,5-13H2,(H,30,32,33)/t18-,19-,20+,24?/m0/s1. The molecule has 3 N–H and O–H groups in total. The van der Waals surface area contributed by atoms with Gasteiger partial charge in [-0.2, -0.15) is 0 Å². The van der Waals surface area contributed by atoms with Gasteiger partial charge in [-0.05, 0) is 37.7 Å². The molecular weight excluding hydrogens is 463 g/mol. The van der Waals surface area contributed by atoms with Crippen molar-refractivity contribution < 1.29 is 32.6 Å². The Morgan fingerprint density at radius 2 is 1.94 bits per heavy atom. The van der Waals surface area contributed by atoms with E-state index in [9.17, 15) is 23.5 Å². The third-order valence-electron chi connectivity index (χ3n) is 7.93. The minimum Gasteiger partial charge on any atom is -0.376 e. The Kier molecular flexibility index (Phi) is 6.91. The summed E-state index contributed by atoms with van der Waals surface area (Å²) in [6, 6.07) is 2.61. The molecule has 1 unspecified atom stereocenters. The smallest absolute Gasteiger partial charge is 0.248 e. The molecule has 3 fully saturated rings. The summed E-state index contributed by atoms with van der Waals surface area (Å²) in [5, 5.41) is 16.6. The molecule has 3 heterocycles. The Morgan fingerprint density at radius 1 is 1.17 bits per heavy atom. The lowest BCUT2D eigenvalue weighted by Crippen LogP contribution is -2.51. The van der Waals surface area contributed by atoms with Gasteiger partial charge in [-0.25, -0.2) is 13.2 Å². The average Bonchev–Trinajstić information content (AvgIpc) is 3.15. The fourth-order valence-electron chi connectivity index (χ4n) is 5.93. The Hall–Kier alpha value is -2.01. The average molecular weight is 496 g/mol. The molecular formula is C25H32F3N3O4. The van der Waals surface area contributed by atoms with E-state index in [-0.39, 0.29) is 56.3 Å². The molecule has 0 aromatic heterocycles. The number of aliphatic hydroxyl groups excluding tert-OH is 1. The van der Waals surface area contributed by atoms with Crippen LogP contribution in [-0.2, 0) is 27.3 Å². The lowest BCUT2D eigenvalue weighted by molar-refractivity contribution is -0.141. The van der Waals surface area contributed by atoms with E-state index in [1.54, 1.807) is 12.1 Å². The quantitative estimate of drug-likeness (QED) is 0.545. The van der Waals surface area contributed by atoms with Crippen LogP contribution in [0.25, 0.3) is 0 Å². The molecule has 2 saturated heterocycles. The fourth-order valence-corrected chi connectivity index (χ4v) is 5.93. The number of ether oxygens (including phenoxy) is 1. The lowest BCUT2D eigenvalue weighted by atomic mass is 9.89. The second-order valence-electron chi connectivity index (χ2n) is 10.3. The SMILES string of the molecule is O=C1CC[C@H](N2Cc3c(ccc(C[C@H]4OCCC[C@@H]4NC4CCC(F)(F)CC4)c3F)C2O)C(=O)N1. The minimum atomic E-state index is -2.58. The number of alkyl halides is 2. The molecule has 35 heavy (non-hydrogen) atoms. The molecule has 1 aromatic rings. The fraction of sp³-hybridized carbons (Fsp3) is 0.680. The van der Waals surface area contributed by atoms with Gasteiger partial charge in [0.15, 0.2) is 0 Å². The number of aliphatic hydroxyl groups is 1. The third kappa shape index (κ3) is 5.12. The van der Waals surface area contributed by atoms with E-state index in [0.29, 0.717) is 42.6 Å². The first-order valence-electron chi connectivity index (χ1n) is 12.5. The highest BCUT2D eigenvalue weighted by atomic mass is 19.3. The zero-order valence-electron chi connectivity index (χ0n) is 19.6. The van der Waals surface area contributed by atoms with Crippen LogP contribution in [0.4, 0.5) is 13.2 Å². The Balaban J connectivity index is 1.27. The molecule has 1 saturated carbocycles. The second kappa shape index (κ2) is 9.80. The first-order valence-corrected chi connectivity index (χ1v) is 12.5. The maximum Gasteiger partial charge on any atom is 0.248 e. The highest BCUT2D eigenvalue weighted by molar-refractivity contribution is 6.00. The van der Waals surface area contributed by atoms with E-state index in [1.165, 1.54) is 4.90 Å². The Morgan fingerprint density at radius 3 is 2.69 bits per heavy atom. The van der Waals surface area contributed by atoms with Gasteiger partial charge >= 0.3 is 0 Å². The van der Waals surface area contributed by atoms with Crippen LogP contribution in [0.2, 0.25) is 0 Å². The monoisotopic (exact) mass is 495 g/mol. The number of halogens is 3. The number of nitrogens with one attached hydrogen (secondary N) is 2. The van der Waals surface area contributed by atoms with Gasteiger partial charge in [0.2, 0.25) is 17.7 Å². The van der Waals surface area contributed by atoms with E-state index in [1.807, 2.05) is 0 Å². The molecule has 4 aliphatic rings.